The number of benzene rings is 1. The van der Waals surface area contributed by atoms with Gasteiger partial charge in [0.05, 0.1) is 13.2 Å². The van der Waals surface area contributed by atoms with E-state index in [-0.39, 0.29) is 12.5 Å². The molecule has 2 fully saturated rings. The summed E-state index contributed by atoms with van der Waals surface area (Å²) >= 11 is 0. The van der Waals surface area contributed by atoms with Crippen molar-refractivity contribution in [2.45, 2.75) is 38.8 Å². The standard InChI is InChI=1S/C22H34FN5O2/c1-24-22(25-15-18-6-7-20(23)19(14-18)17-29)28-12-10-26(11-13-28)16-21(30)27-8-4-2-3-5-9-27/h6-7,14,29H,2-5,8-13,15-17H2,1H3,(H,24,25). The van der Waals surface area contributed by atoms with Crippen molar-refractivity contribution in [2.24, 2.45) is 4.99 Å². The lowest BCUT2D eigenvalue weighted by molar-refractivity contribution is -0.132. The van der Waals surface area contributed by atoms with E-state index in [1.54, 1.807) is 19.2 Å². The molecule has 0 unspecified atom stereocenters. The molecule has 0 saturated carbocycles. The Bertz CT molecular complexity index is 726. The van der Waals surface area contributed by atoms with Crippen LogP contribution < -0.4 is 5.32 Å². The number of aliphatic imine (C=N–C) groups is 1. The summed E-state index contributed by atoms with van der Waals surface area (Å²) in [5, 5.41) is 12.5. The van der Waals surface area contributed by atoms with Crippen LogP contribution in [0.2, 0.25) is 0 Å². The van der Waals surface area contributed by atoms with Crippen LogP contribution in [0.5, 0.6) is 0 Å². The molecule has 1 amide bonds. The molecule has 0 spiro atoms. The summed E-state index contributed by atoms with van der Waals surface area (Å²) in [7, 11) is 1.75. The van der Waals surface area contributed by atoms with E-state index in [4.69, 9.17) is 0 Å². The van der Waals surface area contributed by atoms with Crippen molar-refractivity contribution < 1.29 is 14.3 Å². The summed E-state index contributed by atoms with van der Waals surface area (Å²) in [6.07, 6.45) is 4.70. The quantitative estimate of drug-likeness (QED) is 0.558. The maximum absolute atomic E-state index is 13.5. The Morgan fingerprint density at radius 1 is 1.07 bits per heavy atom. The van der Waals surface area contributed by atoms with E-state index in [2.05, 4.69) is 20.1 Å². The summed E-state index contributed by atoms with van der Waals surface area (Å²) in [5.41, 5.74) is 1.19. The fourth-order valence-electron chi connectivity index (χ4n) is 4.10. The molecule has 2 aliphatic heterocycles. The van der Waals surface area contributed by atoms with Gasteiger partial charge in [-0.2, -0.15) is 0 Å². The second kappa shape index (κ2) is 11.3. The first-order valence-electron chi connectivity index (χ1n) is 10.9. The highest BCUT2D eigenvalue weighted by molar-refractivity contribution is 5.80. The van der Waals surface area contributed by atoms with Gasteiger partial charge in [0.1, 0.15) is 5.82 Å². The summed E-state index contributed by atoms with van der Waals surface area (Å²) in [5.74, 6) is 0.656. The number of nitrogens with one attached hydrogen (secondary N) is 1. The van der Waals surface area contributed by atoms with Gasteiger partial charge in [0.15, 0.2) is 5.96 Å². The number of aliphatic hydroxyl groups excluding tert-OH is 1. The number of carbonyl (C=O) groups excluding carboxylic acids is 1. The summed E-state index contributed by atoms with van der Waals surface area (Å²) in [6.45, 7) is 5.75. The first kappa shape index (κ1) is 22.5. The Hall–Kier alpha value is -2.19. The van der Waals surface area contributed by atoms with E-state index in [0.29, 0.717) is 18.7 Å². The van der Waals surface area contributed by atoms with Crippen LogP contribution in [0, 0.1) is 5.82 Å². The lowest BCUT2D eigenvalue weighted by Crippen LogP contribution is -2.54. The summed E-state index contributed by atoms with van der Waals surface area (Å²) in [4.78, 5) is 23.4. The van der Waals surface area contributed by atoms with Crippen molar-refractivity contribution in [3.8, 4) is 0 Å². The van der Waals surface area contributed by atoms with Gasteiger partial charge >= 0.3 is 0 Å². The largest absolute Gasteiger partial charge is 0.392 e. The number of likely N-dealkylation sites (tertiary alicyclic amines) is 1. The highest BCUT2D eigenvalue weighted by atomic mass is 19.1. The summed E-state index contributed by atoms with van der Waals surface area (Å²) in [6, 6.07) is 4.76. The molecule has 1 aromatic rings. The molecular formula is C22H34FN5O2. The molecule has 0 atom stereocenters. The Balaban J connectivity index is 1.45. The zero-order chi connectivity index (χ0) is 21.3. The fraction of sp³-hybridized carbons (Fsp3) is 0.636. The van der Waals surface area contributed by atoms with E-state index in [0.717, 1.165) is 63.6 Å². The first-order valence-corrected chi connectivity index (χ1v) is 10.9. The van der Waals surface area contributed by atoms with Crippen LogP contribution >= 0.6 is 0 Å². The maximum Gasteiger partial charge on any atom is 0.236 e. The molecule has 1 aromatic carbocycles. The number of aliphatic hydroxyl groups is 1. The van der Waals surface area contributed by atoms with Crippen LogP contribution in [0.15, 0.2) is 23.2 Å². The van der Waals surface area contributed by atoms with Crippen LogP contribution in [-0.4, -0.2) is 84.5 Å². The molecule has 7 nitrogen and oxygen atoms in total. The lowest BCUT2D eigenvalue weighted by atomic mass is 10.1. The SMILES string of the molecule is CN=C(NCc1ccc(F)c(CO)c1)N1CCN(CC(=O)N2CCCCCC2)CC1. The minimum Gasteiger partial charge on any atom is -0.392 e. The average molecular weight is 420 g/mol. The van der Waals surface area contributed by atoms with Crippen molar-refractivity contribution >= 4 is 11.9 Å². The number of halogens is 1. The molecule has 2 saturated heterocycles. The molecule has 0 radical (unpaired) electrons. The van der Waals surface area contributed by atoms with Crippen molar-refractivity contribution in [1.82, 2.24) is 20.0 Å². The minimum atomic E-state index is -0.392. The van der Waals surface area contributed by atoms with E-state index in [1.165, 1.54) is 18.9 Å². The van der Waals surface area contributed by atoms with Crippen molar-refractivity contribution in [1.29, 1.82) is 0 Å². The van der Waals surface area contributed by atoms with Crippen LogP contribution in [0.3, 0.4) is 0 Å². The highest BCUT2D eigenvalue weighted by Gasteiger charge is 2.23. The third-order valence-electron chi connectivity index (χ3n) is 5.93. The number of guanidine groups is 1. The molecule has 166 valence electrons. The smallest absolute Gasteiger partial charge is 0.236 e. The van der Waals surface area contributed by atoms with E-state index < -0.39 is 5.82 Å². The monoisotopic (exact) mass is 419 g/mol. The van der Waals surface area contributed by atoms with E-state index in [1.807, 2.05) is 4.90 Å². The number of carbonyl (C=O) groups is 1. The number of rotatable bonds is 5. The van der Waals surface area contributed by atoms with Crippen LogP contribution in [0.1, 0.15) is 36.8 Å². The second-order valence-electron chi connectivity index (χ2n) is 8.04. The van der Waals surface area contributed by atoms with Gasteiger partial charge < -0.3 is 20.2 Å². The number of piperazine rings is 1. The predicted molar refractivity (Wildman–Crippen MR) is 116 cm³/mol. The predicted octanol–water partition coefficient (Wildman–Crippen LogP) is 1.41. The molecule has 0 bridgehead atoms. The molecule has 2 aliphatic rings. The van der Waals surface area contributed by atoms with Gasteiger partial charge in [-0.3, -0.25) is 14.7 Å². The van der Waals surface area contributed by atoms with Gasteiger partial charge in [-0.15, -0.1) is 0 Å². The van der Waals surface area contributed by atoms with E-state index in [9.17, 15) is 14.3 Å². The van der Waals surface area contributed by atoms with Gasteiger partial charge in [0.2, 0.25) is 5.91 Å². The van der Waals surface area contributed by atoms with Gasteiger partial charge in [-0.05, 0) is 30.5 Å². The van der Waals surface area contributed by atoms with Gasteiger partial charge in [-0.1, -0.05) is 18.9 Å². The summed E-state index contributed by atoms with van der Waals surface area (Å²) < 4.78 is 13.5. The Morgan fingerprint density at radius 2 is 1.77 bits per heavy atom. The maximum atomic E-state index is 13.5. The number of amides is 1. The van der Waals surface area contributed by atoms with Crippen molar-refractivity contribution in [2.75, 3.05) is 52.9 Å². The third-order valence-corrected chi connectivity index (χ3v) is 5.93. The van der Waals surface area contributed by atoms with Crippen LogP contribution in [-0.2, 0) is 17.9 Å². The van der Waals surface area contributed by atoms with Crippen molar-refractivity contribution in [3.63, 3.8) is 0 Å². The minimum absolute atomic E-state index is 0.254. The zero-order valence-corrected chi connectivity index (χ0v) is 17.9. The number of hydrogen-bond acceptors (Lipinski definition) is 4. The highest BCUT2D eigenvalue weighted by Crippen LogP contribution is 2.12. The number of hydrogen-bond donors (Lipinski definition) is 2. The molecule has 0 aromatic heterocycles. The average Bonchev–Trinajstić information content (AvgIpc) is 3.06. The Labute approximate surface area is 178 Å². The Morgan fingerprint density at radius 3 is 2.40 bits per heavy atom. The lowest BCUT2D eigenvalue weighted by Gasteiger charge is -2.37. The normalized spacial score (nSPS) is 19.0. The van der Waals surface area contributed by atoms with Gasteiger partial charge in [0, 0.05) is 58.4 Å². The van der Waals surface area contributed by atoms with E-state index >= 15 is 0 Å². The fourth-order valence-corrected chi connectivity index (χ4v) is 4.10. The molecule has 3 rings (SSSR count). The molecule has 8 heteroatoms. The van der Waals surface area contributed by atoms with Crippen LogP contribution in [0.4, 0.5) is 4.39 Å². The van der Waals surface area contributed by atoms with Gasteiger partial charge in [-0.25, -0.2) is 4.39 Å². The molecular weight excluding hydrogens is 385 g/mol. The number of nitrogens with zero attached hydrogens (tertiary/aromatic N) is 4. The Kier molecular flexibility index (Phi) is 8.45. The van der Waals surface area contributed by atoms with Crippen LogP contribution in [0.25, 0.3) is 0 Å². The zero-order valence-electron chi connectivity index (χ0n) is 17.9. The first-order chi connectivity index (χ1) is 14.6. The van der Waals surface area contributed by atoms with Crippen molar-refractivity contribution in [3.05, 3.63) is 35.1 Å². The molecule has 0 aliphatic carbocycles. The topological polar surface area (TPSA) is 71.4 Å². The van der Waals surface area contributed by atoms with Gasteiger partial charge in [0.25, 0.3) is 0 Å². The molecule has 2 N–H and O–H groups in total. The second-order valence-corrected chi connectivity index (χ2v) is 8.04. The molecule has 2 heterocycles. The molecule has 30 heavy (non-hydrogen) atoms. The third kappa shape index (κ3) is 6.15.